The van der Waals surface area contributed by atoms with E-state index in [1.54, 1.807) is 23.9 Å². The zero-order chi connectivity index (χ0) is 26.6. The highest BCUT2D eigenvalue weighted by Gasteiger charge is 2.54. The third kappa shape index (κ3) is 5.54. The van der Waals surface area contributed by atoms with Gasteiger partial charge in [0.2, 0.25) is 11.5 Å². The normalized spacial score (nSPS) is 21.9. The van der Waals surface area contributed by atoms with Gasteiger partial charge in [0, 0.05) is 34.6 Å². The highest BCUT2D eigenvalue weighted by molar-refractivity contribution is 8.08. The van der Waals surface area contributed by atoms with Crippen molar-refractivity contribution in [2.24, 2.45) is 5.16 Å². The van der Waals surface area contributed by atoms with Crippen LogP contribution in [0.25, 0.3) is 6.08 Å². The average Bonchev–Trinajstić information content (AvgIpc) is 3.59. The number of fused-ring (bicyclic) bond motifs is 1. The summed E-state index contributed by atoms with van der Waals surface area (Å²) >= 11 is 3.52. The Morgan fingerprint density at radius 3 is 2.84 bits per heavy atom. The van der Waals surface area contributed by atoms with Crippen molar-refractivity contribution in [3.63, 3.8) is 0 Å². The van der Waals surface area contributed by atoms with Crippen molar-refractivity contribution in [2.75, 3.05) is 11.5 Å². The van der Waals surface area contributed by atoms with Crippen molar-refractivity contribution in [1.82, 2.24) is 24.6 Å². The molecule has 1 saturated carbocycles. The fourth-order valence-electron chi connectivity index (χ4n) is 4.20. The fraction of sp³-hybridized carbons (Fsp3) is 0.348. The first-order chi connectivity index (χ1) is 18.4. The van der Waals surface area contributed by atoms with Crippen LogP contribution in [0, 0.1) is 0 Å². The molecule has 2 amide bonds. The van der Waals surface area contributed by atoms with Crippen molar-refractivity contribution < 1.29 is 24.3 Å². The predicted molar refractivity (Wildman–Crippen MR) is 145 cm³/mol. The van der Waals surface area contributed by atoms with Crippen LogP contribution in [-0.2, 0) is 19.2 Å². The van der Waals surface area contributed by atoms with Crippen LogP contribution >= 0.6 is 35.1 Å². The van der Waals surface area contributed by atoms with Gasteiger partial charge in [-0.15, -0.1) is 11.8 Å². The number of carboxylic acid groups (broad SMARTS) is 1. The summed E-state index contributed by atoms with van der Waals surface area (Å²) in [5, 5.41) is 17.9. The molecule has 0 aromatic carbocycles. The smallest absolute Gasteiger partial charge is 0.353 e. The van der Waals surface area contributed by atoms with Gasteiger partial charge in [-0.25, -0.2) is 4.79 Å². The number of rotatable bonds is 9. The second kappa shape index (κ2) is 11.5. The SMILES string of the molecule is Nc1nc(C(=NOC2CCCC2)C(=O)NC2C(=O)N3C(C(=O)O)=C(S/C=C\c4cccnc4)CS[C@H]23)ns1. The topological polar surface area (TPSA) is 173 Å². The molecule has 1 saturated heterocycles. The number of pyridine rings is 1. The molecule has 4 heterocycles. The summed E-state index contributed by atoms with van der Waals surface area (Å²) in [5.41, 5.74) is 6.29. The van der Waals surface area contributed by atoms with E-state index in [0.717, 1.165) is 42.8 Å². The van der Waals surface area contributed by atoms with Gasteiger partial charge in [-0.05, 0) is 48.8 Å². The molecular weight excluding hydrogens is 550 g/mol. The molecule has 1 unspecified atom stereocenters. The summed E-state index contributed by atoms with van der Waals surface area (Å²) in [5.74, 6) is -2.06. The number of carboxylic acids is 1. The van der Waals surface area contributed by atoms with E-state index in [1.807, 2.05) is 12.1 Å². The number of thioether (sulfide) groups is 2. The highest BCUT2D eigenvalue weighted by atomic mass is 32.2. The van der Waals surface area contributed by atoms with Crippen LogP contribution in [-0.4, -0.2) is 71.1 Å². The second-order valence-corrected chi connectivity index (χ2v) is 11.4. The summed E-state index contributed by atoms with van der Waals surface area (Å²) in [6.45, 7) is 0. The molecule has 0 radical (unpaired) electrons. The monoisotopic (exact) mass is 573 g/mol. The molecule has 3 aliphatic rings. The number of nitrogens with one attached hydrogen (secondary N) is 1. The van der Waals surface area contributed by atoms with E-state index in [0.29, 0.717) is 10.7 Å². The molecular formula is C23H23N7O5S3. The standard InChI is InChI=1S/C23H23N7O5S3/c24-23-27-18(29-38-23)15(28-35-13-5-1-2-6-13)19(31)26-16-20(32)30-17(22(33)34)14(11-37-21(16)30)36-9-7-12-4-3-8-25-10-12/h3-4,7-10,13,16,21H,1-2,5-6,11H2,(H,26,31)(H,33,34)(H2,24,27,29)/b9-7-,28-15?/t16?,21-/m1/s1. The first-order valence-electron chi connectivity index (χ1n) is 11.7. The Hall–Kier alpha value is -3.43. The number of carbonyl (C=O) groups excluding carboxylic acids is 2. The number of nitrogens with zero attached hydrogens (tertiary/aromatic N) is 5. The molecule has 2 aromatic heterocycles. The fourth-order valence-corrected chi connectivity index (χ4v) is 6.99. The molecule has 0 spiro atoms. The van der Waals surface area contributed by atoms with Crippen LogP contribution in [0.1, 0.15) is 37.1 Å². The van der Waals surface area contributed by atoms with E-state index in [4.69, 9.17) is 10.6 Å². The Bertz CT molecular complexity index is 1320. The zero-order valence-corrected chi connectivity index (χ0v) is 22.3. The lowest BCUT2D eigenvalue weighted by Gasteiger charge is -2.49. The quantitative estimate of drug-likeness (QED) is 0.228. The number of nitrogen functional groups attached to an aromatic ring is 1. The minimum absolute atomic E-state index is 0.00753. The van der Waals surface area contributed by atoms with E-state index in [9.17, 15) is 19.5 Å². The molecule has 38 heavy (non-hydrogen) atoms. The van der Waals surface area contributed by atoms with Crippen LogP contribution in [0.2, 0.25) is 0 Å². The Balaban J connectivity index is 1.30. The number of β-lactam (4-membered cyclic amide) rings is 1. The lowest BCUT2D eigenvalue weighted by molar-refractivity contribution is -0.150. The summed E-state index contributed by atoms with van der Waals surface area (Å²) in [6, 6.07) is 2.74. The average molecular weight is 574 g/mol. The molecule has 2 aromatic rings. The van der Waals surface area contributed by atoms with Crippen molar-refractivity contribution >= 4 is 69.8 Å². The van der Waals surface area contributed by atoms with Gasteiger partial charge in [0.25, 0.3) is 11.8 Å². The van der Waals surface area contributed by atoms with Gasteiger partial charge in [0.1, 0.15) is 23.2 Å². The van der Waals surface area contributed by atoms with E-state index in [-0.39, 0.29) is 28.5 Å². The number of aromatic nitrogens is 3. The van der Waals surface area contributed by atoms with Crippen LogP contribution in [0.3, 0.4) is 0 Å². The Morgan fingerprint density at radius 2 is 2.16 bits per heavy atom. The van der Waals surface area contributed by atoms with Crippen LogP contribution in [0.15, 0.2) is 45.7 Å². The Kier molecular flexibility index (Phi) is 7.95. The summed E-state index contributed by atoms with van der Waals surface area (Å²) in [4.78, 5) is 53.7. The molecule has 0 bridgehead atoms. The van der Waals surface area contributed by atoms with E-state index in [1.165, 1.54) is 28.4 Å². The molecule has 15 heteroatoms. The molecule has 1 aliphatic carbocycles. The second-order valence-electron chi connectivity index (χ2n) is 8.55. The number of nitrogens with two attached hydrogens (primary N) is 1. The maximum Gasteiger partial charge on any atom is 0.353 e. The molecule has 5 rings (SSSR count). The maximum atomic E-state index is 13.2. The van der Waals surface area contributed by atoms with Gasteiger partial charge in [0.15, 0.2) is 5.13 Å². The highest BCUT2D eigenvalue weighted by Crippen LogP contribution is 2.43. The number of oxime groups is 1. The minimum Gasteiger partial charge on any atom is -0.477 e. The Morgan fingerprint density at radius 1 is 1.34 bits per heavy atom. The van der Waals surface area contributed by atoms with Crippen molar-refractivity contribution in [3.8, 4) is 0 Å². The van der Waals surface area contributed by atoms with Crippen LogP contribution in [0.4, 0.5) is 5.13 Å². The lowest BCUT2D eigenvalue weighted by atomic mass is 10.0. The maximum absolute atomic E-state index is 13.2. The van der Waals surface area contributed by atoms with E-state index in [2.05, 4.69) is 24.8 Å². The number of hydrogen-bond donors (Lipinski definition) is 3. The summed E-state index contributed by atoms with van der Waals surface area (Å²) < 4.78 is 4.06. The third-order valence-corrected chi connectivity index (χ3v) is 8.94. The molecule has 2 aliphatic heterocycles. The van der Waals surface area contributed by atoms with Crippen molar-refractivity contribution in [2.45, 2.75) is 43.2 Å². The molecule has 4 N–H and O–H groups in total. The van der Waals surface area contributed by atoms with Gasteiger partial charge >= 0.3 is 5.97 Å². The number of hydrogen-bond acceptors (Lipinski definition) is 12. The van der Waals surface area contributed by atoms with Crippen molar-refractivity contribution in [3.05, 3.63) is 51.9 Å². The van der Waals surface area contributed by atoms with Crippen LogP contribution in [0.5, 0.6) is 0 Å². The predicted octanol–water partition coefficient (Wildman–Crippen LogP) is 2.28. The zero-order valence-electron chi connectivity index (χ0n) is 19.9. The third-order valence-electron chi connectivity index (χ3n) is 6.04. The van der Waals surface area contributed by atoms with Crippen LogP contribution < -0.4 is 11.1 Å². The first-order valence-corrected chi connectivity index (χ1v) is 14.4. The van der Waals surface area contributed by atoms with Gasteiger partial charge in [-0.1, -0.05) is 23.0 Å². The first kappa shape index (κ1) is 26.2. The number of carbonyl (C=O) groups is 3. The lowest BCUT2D eigenvalue weighted by Crippen LogP contribution is -2.71. The summed E-state index contributed by atoms with van der Waals surface area (Å²) in [6.07, 6.45) is 8.78. The van der Waals surface area contributed by atoms with Gasteiger partial charge in [0.05, 0.1) is 0 Å². The number of aliphatic carboxylic acids is 1. The minimum atomic E-state index is -1.21. The van der Waals surface area contributed by atoms with Gasteiger partial charge in [-0.3, -0.25) is 19.5 Å². The number of anilines is 1. The number of amides is 2. The van der Waals surface area contributed by atoms with Crippen molar-refractivity contribution in [1.29, 1.82) is 0 Å². The molecule has 198 valence electrons. The molecule has 2 atom stereocenters. The van der Waals surface area contributed by atoms with E-state index < -0.39 is 29.2 Å². The van der Waals surface area contributed by atoms with Gasteiger partial charge in [-0.2, -0.15) is 9.36 Å². The molecule has 2 fully saturated rings. The Labute approximate surface area is 230 Å². The molecule has 12 nitrogen and oxygen atoms in total. The van der Waals surface area contributed by atoms with Gasteiger partial charge < -0.3 is 21.0 Å². The van der Waals surface area contributed by atoms with E-state index >= 15 is 0 Å². The summed E-state index contributed by atoms with van der Waals surface area (Å²) in [7, 11) is 0. The largest absolute Gasteiger partial charge is 0.477 e.